The van der Waals surface area contributed by atoms with Crippen LogP contribution in [-0.4, -0.2) is 13.6 Å². The highest BCUT2D eigenvalue weighted by Crippen LogP contribution is 2.20. The lowest BCUT2D eigenvalue weighted by Crippen LogP contribution is -2.24. The number of benzene rings is 1. The van der Waals surface area contributed by atoms with Crippen molar-refractivity contribution in [3.8, 4) is 0 Å². The predicted octanol–water partition coefficient (Wildman–Crippen LogP) is 1.79. The number of aromatic nitrogens is 1. The lowest BCUT2D eigenvalue weighted by Gasteiger charge is -2.07. The van der Waals surface area contributed by atoms with Gasteiger partial charge in [-0.25, -0.2) is 13.1 Å². The number of sulfonamides is 1. The number of aryl methyl sites for hydroxylation is 2. The van der Waals surface area contributed by atoms with Gasteiger partial charge in [-0.05, 0) is 30.5 Å². The van der Waals surface area contributed by atoms with E-state index < -0.39 is 10.0 Å². The van der Waals surface area contributed by atoms with Crippen molar-refractivity contribution in [1.82, 2.24) is 15.2 Å². The van der Waals surface area contributed by atoms with Crippen LogP contribution in [0, 0.1) is 13.8 Å². The lowest BCUT2D eigenvalue weighted by molar-refractivity contribution is 0.390. The highest BCUT2D eigenvalue weighted by molar-refractivity contribution is 7.89. The molecule has 120 valence electrons. The summed E-state index contributed by atoms with van der Waals surface area (Å²) in [6, 6.07) is 6.02. The maximum Gasteiger partial charge on any atom is 0.246 e. The second-order valence-corrected chi connectivity index (χ2v) is 6.89. The molecule has 0 saturated carbocycles. The van der Waals surface area contributed by atoms with Gasteiger partial charge in [0.15, 0.2) is 5.76 Å². The first-order valence-corrected chi connectivity index (χ1v) is 8.19. The van der Waals surface area contributed by atoms with Crippen LogP contribution in [0.2, 0.25) is 0 Å². The molecule has 1 aromatic carbocycles. The van der Waals surface area contributed by atoms with Crippen LogP contribution in [-0.2, 0) is 29.7 Å². The van der Waals surface area contributed by atoms with Crippen molar-refractivity contribution in [2.75, 3.05) is 0 Å². The van der Waals surface area contributed by atoms with Crippen molar-refractivity contribution in [2.45, 2.75) is 38.4 Å². The Morgan fingerprint density at radius 1 is 1.27 bits per heavy atom. The van der Waals surface area contributed by atoms with Crippen molar-refractivity contribution in [1.29, 1.82) is 0 Å². The first kappa shape index (κ1) is 17.0. The van der Waals surface area contributed by atoms with Gasteiger partial charge in [-0.1, -0.05) is 23.4 Å². The zero-order chi connectivity index (χ0) is 15.0. The summed E-state index contributed by atoms with van der Waals surface area (Å²) in [4.78, 5) is 0.130. The van der Waals surface area contributed by atoms with E-state index >= 15 is 0 Å². The van der Waals surface area contributed by atoms with Gasteiger partial charge in [0.2, 0.25) is 10.0 Å². The quantitative estimate of drug-likeness (QED) is 0.884. The monoisotopic (exact) mass is 343 g/mol. The summed E-state index contributed by atoms with van der Waals surface area (Å²) < 4.78 is 32.2. The smallest absolute Gasteiger partial charge is 0.246 e. The average Bonchev–Trinajstić information content (AvgIpc) is 3.02. The summed E-state index contributed by atoms with van der Waals surface area (Å²) >= 11 is 0. The number of halogens is 1. The molecular formula is C14H18ClN3O3S. The molecular weight excluding hydrogens is 326 g/mol. The number of hydrogen-bond acceptors (Lipinski definition) is 5. The van der Waals surface area contributed by atoms with Gasteiger partial charge in [0.05, 0.1) is 0 Å². The van der Waals surface area contributed by atoms with Gasteiger partial charge in [-0.2, -0.15) is 0 Å². The summed E-state index contributed by atoms with van der Waals surface area (Å²) in [7, 11) is -3.61. The Morgan fingerprint density at radius 2 is 2.00 bits per heavy atom. The lowest BCUT2D eigenvalue weighted by atomic mass is 10.1. The van der Waals surface area contributed by atoms with Crippen LogP contribution < -0.4 is 10.0 Å². The molecule has 0 saturated heterocycles. The minimum Gasteiger partial charge on any atom is -0.360 e. The van der Waals surface area contributed by atoms with Crippen molar-refractivity contribution in [3.05, 3.63) is 46.3 Å². The van der Waals surface area contributed by atoms with Gasteiger partial charge in [0, 0.05) is 19.6 Å². The normalized spacial score (nSPS) is 13.7. The number of hydrogen-bond donors (Lipinski definition) is 2. The van der Waals surface area contributed by atoms with Crippen LogP contribution in [0.3, 0.4) is 0 Å². The van der Waals surface area contributed by atoms with E-state index in [1.807, 2.05) is 18.2 Å². The number of nitrogens with one attached hydrogen (secondary N) is 2. The van der Waals surface area contributed by atoms with E-state index in [-0.39, 0.29) is 23.8 Å². The third kappa shape index (κ3) is 3.17. The molecule has 22 heavy (non-hydrogen) atoms. The molecule has 2 N–H and O–H groups in total. The number of rotatable bonds is 4. The SMILES string of the molecule is Cc1noc(C)c1S(=O)(=O)NCc1ccc2c(c1)CNC2.Cl. The van der Waals surface area contributed by atoms with Crippen LogP contribution in [0.5, 0.6) is 0 Å². The average molecular weight is 344 g/mol. The van der Waals surface area contributed by atoms with E-state index in [4.69, 9.17) is 4.52 Å². The van der Waals surface area contributed by atoms with Gasteiger partial charge >= 0.3 is 0 Å². The second-order valence-electron chi connectivity index (χ2n) is 5.18. The van der Waals surface area contributed by atoms with Gasteiger partial charge in [-0.3, -0.25) is 0 Å². The van der Waals surface area contributed by atoms with E-state index in [0.717, 1.165) is 18.7 Å². The summed E-state index contributed by atoms with van der Waals surface area (Å²) in [6.45, 7) is 5.17. The van der Waals surface area contributed by atoms with Gasteiger partial charge in [0.25, 0.3) is 0 Å². The molecule has 0 amide bonds. The topological polar surface area (TPSA) is 84.2 Å². The van der Waals surface area contributed by atoms with Crippen LogP contribution >= 0.6 is 12.4 Å². The minimum absolute atomic E-state index is 0. The third-order valence-electron chi connectivity index (χ3n) is 3.60. The molecule has 0 spiro atoms. The van der Waals surface area contributed by atoms with Crippen LogP contribution in [0.25, 0.3) is 0 Å². The molecule has 3 rings (SSSR count). The van der Waals surface area contributed by atoms with Gasteiger partial charge in [0.1, 0.15) is 10.6 Å². The largest absolute Gasteiger partial charge is 0.360 e. The molecule has 0 radical (unpaired) electrons. The molecule has 0 aliphatic carbocycles. The fraction of sp³-hybridized carbons (Fsp3) is 0.357. The Bertz CT molecular complexity index is 767. The molecule has 0 bridgehead atoms. The number of nitrogens with zero attached hydrogens (tertiary/aromatic N) is 1. The second kappa shape index (κ2) is 6.37. The molecule has 1 aliphatic rings. The predicted molar refractivity (Wildman–Crippen MR) is 84.2 cm³/mol. The van der Waals surface area contributed by atoms with Crippen molar-refractivity contribution in [3.63, 3.8) is 0 Å². The van der Waals surface area contributed by atoms with E-state index in [1.54, 1.807) is 13.8 Å². The van der Waals surface area contributed by atoms with E-state index in [0.29, 0.717) is 11.5 Å². The van der Waals surface area contributed by atoms with Gasteiger partial charge in [-0.15, -0.1) is 12.4 Å². The molecule has 8 heteroatoms. The zero-order valence-electron chi connectivity index (χ0n) is 12.3. The van der Waals surface area contributed by atoms with E-state index in [1.165, 1.54) is 11.1 Å². The van der Waals surface area contributed by atoms with Crippen LogP contribution in [0.4, 0.5) is 0 Å². The molecule has 2 heterocycles. The minimum atomic E-state index is -3.61. The summed E-state index contributed by atoms with van der Waals surface area (Å²) in [5.74, 6) is 0.304. The Labute approximate surface area is 135 Å². The molecule has 1 aromatic heterocycles. The van der Waals surface area contributed by atoms with Crippen LogP contribution in [0.15, 0.2) is 27.6 Å². The Morgan fingerprint density at radius 3 is 2.68 bits per heavy atom. The Kier molecular flexibility index (Phi) is 4.91. The Hall–Kier alpha value is -1.41. The highest BCUT2D eigenvalue weighted by atomic mass is 35.5. The molecule has 0 fully saturated rings. The summed E-state index contributed by atoms with van der Waals surface area (Å²) in [5.41, 5.74) is 3.81. The summed E-state index contributed by atoms with van der Waals surface area (Å²) in [5, 5.41) is 6.95. The fourth-order valence-electron chi connectivity index (χ4n) is 2.57. The standard InChI is InChI=1S/C14H17N3O3S.ClH/c1-9-14(10(2)20-17-9)21(18,19)16-6-11-3-4-12-7-15-8-13(12)5-11;/h3-5,15-16H,6-8H2,1-2H3;1H. The van der Waals surface area contributed by atoms with E-state index in [9.17, 15) is 8.42 Å². The fourth-order valence-corrected chi connectivity index (χ4v) is 3.91. The van der Waals surface area contributed by atoms with Crippen molar-refractivity contribution in [2.24, 2.45) is 0 Å². The van der Waals surface area contributed by atoms with Crippen molar-refractivity contribution >= 4 is 22.4 Å². The Balaban J connectivity index is 0.00000176. The first-order chi connectivity index (χ1) is 9.97. The molecule has 0 atom stereocenters. The first-order valence-electron chi connectivity index (χ1n) is 6.71. The van der Waals surface area contributed by atoms with Crippen molar-refractivity contribution < 1.29 is 12.9 Å². The maximum atomic E-state index is 12.3. The molecule has 0 unspecified atom stereocenters. The number of fused-ring (bicyclic) bond motifs is 1. The van der Waals surface area contributed by atoms with E-state index in [2.05, 4.69) is 15.2 Å². The summed E-state index contributed by atoms with van der Waals surface area (Å²) in [6.07, 6.45) is 0. The van der Waals surface area contributed by atoms with Gasteiger partial charge < -0.3 is 9.84 Å². The van der Waals surface area contributed by atoms with Crippen LogP contribution in [0.1, 0.15) is 28.1 Å². The third-order valence-corrected chi connectivity index (χ3v) is 5.25. The highest BCUT2D eigenvalue weighted by Gasteiger charge is 2.23. The molecule has 2 aromatic rings. The molecule has 1 aliphatic heterocycles. The molecule has 6 nitrogen and oxygen atoms in total. The maximum absolute atomic E-state index is 12.3. The zero-order valence-corrected chi connectivity index (χ0v) is 14.0.